The number of aromatic nitrogens is 3. The lowest BCUT2D eigenvalue weighted by Crippen LogP contribution is -2.47. The number of hydrogen-bond acceptors (Lipinski definition) is 5. The molecule has 7 nitrogen and oxygen atoms in total. The van der Waals surface area contributed by atoms with Gasteiger partial charge in [0, 0.05) is 65.7 Å². The van der Waals surface area contributed by atoms with Crippen LogP contribution in [0.15, 0.2) is 67.0 Å². The summed E-state index contributed by atoms with van der Waals surface area (Å²) >= 11 is 6.08. The third kappa shape index (κ3) is 4.30. The average molecular weight is 447 g/mol. The third-order valence-corrected chi connectivity index (χ3v) is 5.84. The molecule has 0 saturated carbocycles. The first kappa shape index (κ1) is 20.5. The maximum absolute atomic E-state index is 12.7. The van der Waals surface area contributed by atoms with E-state index in [-0.39, 0.29) is 5.91 Å². The number of halogens is 1. The number of amides is 1. The van der Waals surface area contributed by atoms with Crippen LogP contribution in [0.2, 0.25) is 5.02 Å². The maximum atomic E-state index is 12.7. The van der Waals surface area contributed by atoms with Crippen molar-refractivity contribution in [3.8, 4) is 11.3 Å². The summed E-state index contributed by atoms with van der Waals surface area (Å²) in [7, 11) is 0. The largest absolute Gasteiger partial charge is 0.339 e. The monoisotopic (exact) mass is 446 g/mol. The van der Waals surface area contributed by atoms with Gasteiger partial charge in [-0.15, -0.1) is 0 Å². The van der Waals surface area contributed by atoms with Crippen LogP contribution in [-0.2, 0) is 11.3 Å². The van der Waals surface area contributed by atoms with Crippen molar-refractivity contribution >= 4 is 40.0 Å². The quantitative estimate of drug-likeness (QED) is 0.486. The molecule has 1 aliphatic rings. The molecule has 2 N–H and O–H groups in total. The fraction of sp³-hybridized carbons (Fsp3) is 0.208. The van der Waals surface area contributed by atoms with Crippen molar-refractivity contribution < 1.29 is 4.79 Å². The molecule has 2 aromatic carbocycles. The van der Waals surface area contributed by atoms with Crippen molar-refractivity contribution in [2.75, 3.05) is 31.5 Å². The Morgan fingerprint density at radius 3 is 2.78 bits per heavy atom. The van der Waals surface area contributed by atoms with Gasteiger partial charge in [-0.05, 0) is 36.4 Å². The minimum Gasteiger partial charge on any atom is -0.339 e. The van der Waals surface area contributed by atoms with Crippen LogP contribution in [-0.4, -0.2) is 51.5 Å². The Hall–Kier alpha value is -3.42. The number of piperazine rings is 1. The third-order valence-electron chi connectivity index (χ3n) is 5.60. The molecule has 3 heterocycles. The summed E-state index contributed by atoms with van der Waals surface area (Å²) in [5.74, 6) is 0.638. The average Bonchev–Trinajstić information content (AvgIpc) is 3.23. The zero-order valence-electron chi connectivity index (χ0n) is 17.5. The number of carbonyl (C=O) groups excluding carboxylic acids is 1. The van der Waals surface area contributed by atoms with Crippen LogP contribution >= 0.6 is 11.6 Å². The summed E-state index contributed by atoms with van der Waals surface area (Å²) in [6.07, 6.45) is 3.71. The summed E-state index contributed by atoms with van der Waals surface area (Å²) in [6.45, 7) is 3.54. The minimum atomic E-state index is 0.143. The molecule has 1 amide bonds. The predicted molar refractivity (Wildman–Crippen MR) is 127 cm³/mol. The van der Waals surface area contributed by atoms with E-state index < -0.39 is 0 Å². The molecule has 4 aromatic rings. The van der Waals surface area contributed by atoms with E-state index in [1.807, 2.05) is 70.3 Å². The van der Waals surface area contributed by atoms with Gasteiger partial charge in [-0.25, -0.2) is 9.97 Å². The highest BCUT2D eigenvalue weighted by molar-refractivity contribution is 6.30. The topological polar surface area (TPSA) is 75.1 Å². The molecule has 0 aliphatic carbocycles. The fourth-order valence-corrected chi connectivity index (χ4v) is 4.20. The second-order valence-electron chi connectivity index (χ2n) is 7.71. The molecule has 32 heavy (non-hydrogen) atoms. The fourth-order valence-electron chi connectivity index (χ4n) is 4.01. The predicted octanol–water partition coefficient (Wildman–Crippen LogP) is 3.93. The molecule has 0 unspecified atom stereocenters. The van der Waals surface area contributed by atoms with Crippen LogP contribution in [0.4, 0.5) is 11.6 Å². The molecule has 8 heteroatoms. The van der Waals surface area contributed by atoms with Gasteiger partial charge in [0.25, 0.3) is 0 Å². The first-order valence-electron chi connectivity index (χ1n) is 10.6. The van der Waals surface area contributed by atoms with Gasteiger partial charge in [0.2, 0.25) is 11.9 Å². The van der Waals surface area contributed by atoms with E-state index in [1.165, 1.54) is 0 Å². The van der Waals surface area contributed by atoms with Crippen molar-refractivity contribution in [2.45, 2.75) is 6.54 Å². The van der Waals surface area contributed by atoms with Gasteiger partial charge in [-0.3, -0.25) is 4.79 Å². The number of anilines is 2. The number of carbonyl (C=O) groups is 1. The van der Waals surface area contributed by atoms with Gasteiger partial charge in [0.15, 0.2) is 0 Å². The smallest absolute Gasteiger partial charge is 0.242 e. The lowest BCUT2D eigenvalue weighted by Gasteiger charge is -2.27. The Bertz CT molecular complexity index is 1260. The SMILES string of the molecule is O=C(Cn1ccc2c(-c3ccnc(Nc4cccc(Cl)c4)n3)cccc21)N1CCNCC1. The molecule has 0 spiro atoms. The van der Waals surface area contributed by atoms with Crippen LogP contribution in [0.1, 0.15) is 0 Å². The number of nitrogens with one attached hydrogen (secondary N) is 2. The Morgan fingerprint density at radius 1 is 1.09 bits per heavy atom. The van der Waals surface area contributed by atoms with Crippen molar-refractivity contribution in [3.63, 3.8) is 0 Å². The van der Waals surface area contributed by atoms with E-state index in [2.05, 4.69) is 15.6 Å². The second-order valence-corrected chi connectivity index (χ2v) is 8.15. The summed E-state index contributed by atoms with van der Waals surface area (Å²) in [5, 5.41) is 8.18. The number of fused-ring (bicyclic) bond motifs is 1. The Labute approximate surface area is 191 Å². The Balaban J connectivity index is 1.42. The van der Waals surface area contributed by atoms with Gasteiger partial charge in [-0.2, -0.15) is 0 Å². The maximum Gasteiger partial charge on any atom is 0.242 e. The molecule has 0 bridgehead atoms. The lowest BCUT2D eigenvalue weighted by atomic mass is 10.1. The van der Waals surface area contributed by atoms with Gasteiger partial charge in [0.05, 0.1) is 5.69 Å². The highest BCUT2D eigenvalue weighted by Crippen LogP contribution is 2.29. The van der Waals surface area contributed by atoms with Gasteiger partial charge < -0.3 is 20.1 Å². The van der Waals surface area contributed by atoms with Crippen LogP contribution in [0.5, 0.6) is 0 Å². The summed E-state index contributed by atoms with van der Waals surface area (Å²) in [6, 6.07) is 17.4. The summed E-state index contributed by atoms with van der Waals surface area (Å²) in [4.78, 5) is 23.7. The molecule has 0 radical (unpaired) electrons. The molecule has 162 valence electrons. The van der Waals surface area contributed by atoms with E-state index in [9.17, 15) is 4.79 Å². The van der Waals surface area contributed by atoms with Crippen LogP contribution in [0.25, 0.3) is 22.2 Å². The van der Waals surface area contributed by atoms with Crippen molar-refractivity contribution in [1.29, 1.82) is 0 Å². The first-order valence-corrected chi connectivity index (χ1v) is 11.0. The standard InChI is InChI=1S/C24H23ClN6O/c25-17-3-1-4-18(15-17)28-24-27-9-7-21(29-24)19-5-2-6-22-20(19)8-12-31(22)16-23(32)30-13-10-26-11-14-30/h1-9,12,15,26H,10-11,13-14,16H2,(H,27,28,29). The van der Waals surface area contributed by atoms with Crippen LogP contribution < -0.4 is 10.6 Å². The van der Waals surface area contributed by atoms with E-state index in [4.69, 9.17) is 16.6 Å². The lowest BCUT2D eigenvalue weighted by molar-refractivity contribution is -0.132. The second kappa shape index (κ2) is 8.98. The van der Waals surface area contributed by atoms with E-state index in [0.29, 0.717) is 17.5 Å². The molecular weight excluding hydrogens is 424 g/mol. The zero-order valence-corrected chi connectivity index (χ0v) is 18.2. The van der Waals surface area contributed by atoms with E-state index in [1.54, 1.807) is 6.20 Å². The molecule has 1 saturated heterocycles. The summed E-state index contributed by atoms with van der Waals surface area (Å²) in [5.41, 5.74) is 3.63. The zero-order chi connectivity index (χ0) is 21.9. The molecule has 1 aliphatic heterocycles. The van der Waals surface area contributed by atoms with Crippen LogP contribution in [0, 0.1) is 0 Å². The van der Waals surface area contributed by atoms with E-state index >= 15 is 0 Å². The van der Waals surface area contributed by atoms with Crippen molar-refractivity contribution in [1.82, 2.24) is 24.8 Å². The molecule has 5 rings (SSSR count). The van der Waals surface area contributed by atoms with Gasteiger partial charge in [-0.1, -0.05) is 29.8 Å². The number of rotatable bonds is 5. The number of nitrogens with zero attached hydrogens (tertiary/aromatic N) is 4. The Kier molecular flexibility index (Phi) is 5.75. The molecule has 2 aromatic heterocycles. The molecular formula is C24H23ClN6O. The number of benzene rings is 2. The Morgan fingerprint density at radius 2 is 1.94 bits per heavy atom. The molecule has 1 fully saturated rings. The molecule has 0 atom stereocenters. The minimum absolute atomic E-state index is 0.143. The summed E-state index contributed by atoms with van der Waals surface area (Å²) < 4.78 is 2.01. The van der Waals surface area contributed by atoms with Crippen molar-refractivity contribution in [2.24, 2.45) is 0 Å². The normalized spacial score (nSPS) is 14.0. The highest BCUT2D eigenvalue weighted by Gasteiger charge is 2.18. The van der Waals surface area contributed by atoms with Crippen LogP contribution in [0.3, 0.4) is 0 Å². The van der Waals surface area contributed by atoms with Crippen molar-refractivity contribution in [3.05, 3.63) is 72.0 Å². The first-order chi connectivity index (χ1) is 15.7. The number of hydrogen-bond donors (Lipinski definition) is 2. The van der Waals surface area contributed by atoms with Gasteiger partial charge >= 0.3 is 0 Å². The van der Waals surface area contributed by atoms with Gasteiger partial charge in [0.1, 0.15) is 6.54 Å². The highest BCUT2D eigenvalue weighted by atomic mass is 35.5. The van der Waals surface area contributed by atoms with E-state index in [0.717, 1.165) is 54.0 Å².